The van der Waals surface area contributed by atoms with E-state index in [4.69, 9.17) is 17.0 Å². The number of amides is 1. The minimum atomic E-state index is -3.49. The third kappa shape index (κ3) is 4.32. The summed E-state index contributed by atoms with van der Waals surface area (Å²) in [6.07, 6.45) is 0.849. The minimum absolute atomic E-state index is 0.260. The maximum Gasteiger partial charge on any atom is 0.243 e. The molecule has 2 aliphatic heterocycles. The molecule has 1 aromatic rings. The van der Waals surface area contributed by atoms with Crippen molar-refractivity contribution in [2.45, 2.75) is 4.90 Å². The van der Waals surface area contributed by atoms with Crippen LogP contribution >= 0.6 is 12.2 Å². The summed E-state index contributed by atoms with van der Waals surface area (Å²) in [5, 5.41) is 3.69. The van der Waals surface area contributed by atoms with E-state index in [2.05, 4.69) is 5.32 Å². The lowest BCUT2D eigenvalue weighted by Gasteiger charge is -2.34. The molecule has 0 aromatic heterocycles. The van der Waals surface area contributed by atoms with Crippen LogP contribution in [0, 0.1) is 0 Å². The Hall–Kier alpha value is -1.75. The Labute approximate surface area is 158 Å². The molecule has 0 aliphatic carbocycles. The number of carbonyl (C=O) groups is 1. The zero-order chi connectivity index (χ0) is 18.6. The fraction of sp³-hybridized carbons (Fsp3) is 0.500. The zero-order valence-electron chi connectivity index (χ0n) is 14.3. The number of sulfonamides is 1. The Morgan fingerprint density at radius 3 is 2.23 bits per heavy atom. The Morgan fingerprint density at radius 2 is 1.65 bits per heavy atom. The Kier molecular flexibility index (Phi) is 6.07. The summed E-state index contributed by atoms with van der Waals surface area (Å²) < 4.78 is 31.9. The van der Waals surface area contributed by atoms with Crippen molar-refractivity contribution in [3.05, 3.63) is 24.3 Å². The van der Waals surface area contributed by atoms with Crippen LogP contribution in [0.4, 0.5) is 5.69 Å². The summed E-state index contributed by atoms with van der Waals surface area (Å²) in [6.45, 7) is 4.22. The van der Waals surface area contributed by atoms with Gasteiger partial charge in [-0.3, -0.25) is 4.79 Å². The summed E-state index contributed by atoms with van der Waals surface area (Å²) in [4.78, 5) is 14.7. The van der Waals surface area contributed by atoms with Crippen molar-refractivity contribution >= 4 is 39.5 Å². The Morgan fingerprint density at radius 1 is 1.04 bits per heavy atom. The number of hydrogen-bond acceptors (Lipinski definition) is 5. The van der Waals surface area contributed by atoms with E-state index in [0.717, 1.165) is 12.1 Å². The summed E-state index contributed by atoms with van der Waals surface area (Å²) >= 11 is 5.41. The Balaban J connectivity index is 1.61. The van der Waals surface area contributed by atoms with Crippen molar-refractivity contribution in [1.29, 1.82) is 0 Å². The van der Waals surface area contributed by atoms with Crippen LogP contribution in [-0.2, 0) is 19.6 Å². The molecule has 8 nitrogen and oxygen atoms in total. The first-order valence-electron chi connectivity index (χ1n) is 8.44. The summed E-state index contributed by atoms with van der Waals surface area (Å²) in [6, 6.07) is 6.59. The number of rotatable bonds is 4. The van der Waals surface area contributed by atoms with Crippen molar-refractivity contribution < 1.29 is 17.9 Å². The molecule has 10 heteroatoms. The number of nitrogens with one attached hydrogen (secondary N) is 1. The number of anilines is 1. The number of carbonyl (C=O) groups excluding carboxylic acids is 1. The fourth-order valence-corrected chi connectivity index (χ4v) is 4.59. The standard InChI is InChI=1S/C16H22N4O4S2/c21-13-18-5-7-19(8-6-18)16(25)17-14-1-3-15(4-2-14)26(22,23)20-9-11-24-12-10-20/h1-4,13H,5-12H2,(H,17,25). The van der Waals surface area contributed by atoms with Crippen LogP contribution in [-0.4, -0.2) is 86.5 Å². The lowest BCUT2D eigenvalue weighted by molar-refractivity contribution is -0.119. The first-order chi connectivity index (χ1) is 12.5. The van der Waals surface area contributed by atoms with E-state index >= 15 is 0 Å². The molecule has 0 radical (unpaired) electrons. The lowest BCUT2D eigenvalue weighted by atomic mass is 10.3. The van der Waals surface area contributed by atoms with Crippen LogP contribution in [0.3, 0.4) is 0 Å². The second kappa shape index (κ2) is 8.30. The maximum absolute atomic E-state index is 12.6. The van der Waals surface area contributed by atoms with E-state index in [1.807, 2.05) is 4.90 Å². The highest BCUT2D eigenvalue weighted by Crippen LogP contribution is 2.19. The van der Waals surface area contributed by atoms with Crippen LogP contribution in [0.15, 0.2) is 29.2 Å². The van der Waals surface area contributed by atoms with E-state index in [-0.39, 0.29) is 4.90 Å². The second-order valence-corrected chi connectivity index (χ2v) is 8.42. The predicted octanol–water partition coefficient (Wildman–Crippen LogP) is 0.178. The van der Waals surface area contributed by atoms with E-state index in [9.17, 15) is 13.2 Å². The van der Waals surface area contributed by atoms with Crippen LogP contribution in [0.25, 0.3) is 0 Å². The van der Waals surface area contributed by atoms with Gasteiger partial charge in [0, 0.05) is 45.0 Å². The maximum atomic E-state index is 12.6. The molecule has 2 saturated heterocycles. The molecule has 0 unspecified atom stereocenters. The van der Waals surface area contributed by atoms with Crippen molar-refractivity contribution in [3.63, 3.8) is 0 Å². The molecule has 1 amide bonds. The quantitative estimate of drug-likeness (QED) is 0.572. The van der Waals surface area contributed by atoms with Crippen molar-refractivity contribution in [2.75, 3.05) is 57.8 Å². The molecule has 3 rings (SSSR count). The highest BCUT2D eigenvalue weighted by atomic mass is 32.2. The SMILES string of the molecule is O=CN1CCN(C(=S)Nc2ccc(S(=O)(=O)N3CCOCC3)cc2)CC1. The van der Waals surface area contributed by atoms with Crippen LogP contribution in [0.1, 0.15) is 0 Å². The van der Waals surface area contributed by atoms with Gasteiger partial charge in [0.15, 0.2) is 5.11 Å². The molecule has 2 fully saturated rings. The third-order valence-electron chi connectivity index (χ3n) is 4.46. The van der Waals surface area contributed by atoms with Gasteiger partial charge in [-0.05, 0) is 36.5 Å². The van der Waals surface area contributed by atoms with Crippen LogP contribution in [0.5, 0.6) is 0 Å². The van der Waals surface area contributed by atoms with E-state index in [0.29, 0.717) is 57.6 Å². The van der Waals surface area contributed by atoms with Gasteiger partial charge in [-0.2, -0.15) is 4.31 Å². The lowest BCUT2D eigenvalue weighted by Crippen LogP contribution is -2.49. The van der Waals surface area contributed by atoms with Crippen LogP contribution < -0.4 is 5.32 Å². The number of hydrogen-bond donors (Lipinski definition) is 1. The van der Waals surface area contributed by atoms with Crippen molar-refractivity contribution in [1.82, 2.24) is 14.1 Å². The average molecular weight is 399 g/mol. The van der Waals surface area contributed by atoms with E-state index in [1.54, 1.807) is 29.2 Å². The molecule has 0 atom stereocenters. The number of ether oxygens (including phenoxy) is 1. The van der Waals surface area contributed by atoms with Gasteiger partial charge >= 0.3 is 0 Å². The first kappa shape index (κ1) is 19.0. The second-order valence-electron chi connectivity index (χ2n) is 6.10. The third-order valence-corrected chi connectivity index (χ3v) is 6.74. The molecule has 1 aromatic carbocycles. The fourth-order valence-electron chi connectivity index (χ4n) is 2.88. The summed E-state index contributed by atoms with van der Waals surface area (Å²) in [5.41, 5.74) is 0.730. The van der Waals surface area contributed by atoms with E-state index < -0.39 is 10.0 Å². The molecule has 0 saturated carbocycles. The first-order valence-corrected chi connectivity index (χ1v) is 10.3. The molecule has 0 spiro atoms. The minimum Gasteiger partial charge on any atom is -0.379 e. The highest BCUT2D eigenvalue weighted by Gasteiger charge is 2.26. The van der Waals surface area contributed by atoms with Crippen molar-refractivity contribution in [3.8, 4) is 0 Å². The largest absolute Gasteiger partial charge is 0.379 e. The number of morpholine rings is 1. The number of piperazine rings is 1. The molecule has 2 heterocycles. The summed E-state index contributed by atoms with van der Waals surface area (Å²) in [7, 11) is -3.49. The normalized spacial score (nSPS) is 19.2. The van der Waals surface area contributed by atoms with Crippen molar-refractivity contribution in [2.24, 2.45) is 0 Å². The van der Waals surface area contributed by atoms with Gasteiger partial charge in [-0.1, -0.05) is 0 Å². The molecule has 26 heavy (non-hydrogen) atoms. The number of nitrogens with zero attached hydrogens (tertiary/aromatic N) is 3. The predicted molar refractivity (Wildman–Crippen MR) is 101 cm³/mol. The molecule has 142 valence electrons. The molecular formula is C16H22N4O4S2. The van der Waals surface area contributed by atoms with Gasteiger partial charge in [0.25, 0.3) is 0 Å². The number of benzene rings is 1. The Bertz CT molecular complexity index is 740. The van der Waals surface area contributed by atoms with Gasteiger partial charge in [-0.25, -0.2) is 8.42 Å². The highest BCUT2D eigenvalue weighted by molar-refractivity contribution is 7.89. The molecule has 1 N–H and O–H groups in total. The van der Waals surface area contributed by atoms with Gasteiger partial charge in [0.05, 0.1) is 18.1 Å². The summed E-state index contributed by atoms with van der Waals surface area (Å²) in [5.74, 6) is 0. The number of thiocarbonyl (C=S) groups is 1. The molecule has 2 aliphatic rings. The zero-order valence-corrected chi connectivity index (χ0v) is 16.0. The smallest absolute Gasteiger partial charge is 0.243 e. The van der Waals surface area contributed by atoms with Gasteiger partial charge < -0.3 is 19.9 Å². The van der Waals surface area contributed by atoms with Crippen LogP contribution in [0.2, 0.25) is 0 Å². The molecule has 0 bridgehead atoms. The van der Waals surface area contributed by atoms with Gasteiger partial charge in [0.2, 0.25) is 16.4 Å². The average Bonchev–Trinajstić information content (AvgIpc) is 2.69. The monoisotopic (exact) mass is 398 g/mol. The topological polar surface area (TPSA) is 82.2 Å². The van der Waals surface area contributed by atoms with E-state index in [1.165, 1.54) is 4.31 Å². The van der Waals surface area contributed by atoms with Gasteiger partial charge in [-0.15, -0.1) is 0 Å². The van der Waals surface area contributed by atoms with Gasteiger partial charge in [0.1, 0.15) is 0 Å². The molecular weight excluding hydrogens is 376 g/mol.